The van der Waals surface area contributed by atoms with E-state index >= 15 is 0 Å². The molecule has 0 amide bonds. The van der Waals surface area contributed by atoms with Crippen LogP contribution in [0.15, 0.2) is 119 Å². The second-order valence-electron chi connectivity index (χ2n) is 16.3. The molecule has 0 bridgehead atoms. The Morgan fingerprint density at radius 2 is 1.14 bits per heavy atom. The number of nitrogens with zero attached hydrogens (tertiary/aromatic N) is 9. The maximum Gasteiger partial charge on any atom is 0.266 e. The summed E-state index contributed by atoms with van der Waals surface area (Å²) >= 11 is 0. The number of aromatic nitrogens is 8. The number of hydrogen-bond acceptors (Lipinski definition) is 11. The van der Waals surface area contributed by atoms with E-state index < -0.39 is 0 Å². The fourth-order valence-corrected chi connectivity index (χ4v) is 8.53. The Labute approximate surface area is 380 Å². The summed E-state index contributed by atoms with van der Waals surface area (Å²) in [6.07, 6.45) is 6.54. The zero-order valence-electron chi connectivity index (χ0n) is 38.5. The van der Waals surface area contributed by atoms with Gasteiger partial charge in [-0.3, -0.25) is 18.7 Å². The molecule has 0 spiro atoms. The summed E-state index contributed by atoms with van der Waals surface area (Å²) in [7, 11) is 0. The average Bonchev–Trinajstić information content (AvgIpc) is 3.82. The molecule has 0 aliphatic carbocycles. The van der Waals surface area contributed by atoms with Crippen molar-refractivity contribution >= 4 is 38.8 Å². The number of aryl methyl sites for hydroxylation is 2. The number of fused-ring (bicyclic) bond motifs is 3. The number of H-pyrrole nitrogens is 1. The van der Waals surface area contributed by atoms with Crippen LogP contribution in [0.4, 0.5) is 5.82 Å². The van der Waals surface area contributed by atoms with Gasteiger partial charge in [-0.2, -0.15) is 0 Å². The quantitative estimate of drug-likeness (QED) is 0.0757. The van der Waals surface area contributed by atoms with Crippen LogP contribution < -0.4 is 22.2 Å². The molecule has 14 heteroatoms. The minimum Gasteiger partial charge on any atom is -0.358 e. The molecule has 4 heterocycles. The number of nitrogens with one attached hydrogen (secondary N) is 2. The van der Waals surface area contributed by atoms with Gasteiger partial charge in [0.05, 0.1) is 51.6 Å². The van der Waals surface area contributed by atoms with Crippen LogP contribution in [0.5, 0.6) is 0 Å². The lowest BCUT2D eigenvalue weighted by atomic mass is 10.1. The fraction of sp³-hybridized carbons (Fsp3) is 0.353. The van der Waals surface area contributed by atoms with E-state index in [0.29, 0.717) is 44.9 Å². The molecule has 4 N–H and O–H groups in total. The maximum absolute atomic E-state index is 14.0. The molecule has 2 atom stereocenters. The Hall–Kier alpha value is -6.61. The molecule has 0 saturated carbocycles. The summed E-state index contributed by atoms with van der Waals surface area (Å²) in [5.41, 5.74) is 12.6. The molecule has 0 saturated heterocycles. The molecule has 14 nitrogen and oxygen atoms in total. The number of aromatic amines is 1. The van der Waals surface area contributed by atoms with Gasteiger partial charge in [0.1, 0.15) is 23.5 Å². The molecule has 0 radical (unpaired) electrons. The Morgan fingerprint density at radius 3 is 1.68 bits per heavy atom. The van der Waals surface area contributed by atoms with Crippen LogP contribution in [0.1, 0.15) is 88.2 Å². The van der Waals surface area contributed by atoms with E-state index in [1.54, 1.807) is 15.5 Å². The summed E-state index contributed by atoms with van der Waals surface area (Å²) in [5.74, 6) is 1.92. The van der Waals surface area contributed by atoms with Gasteiger partial charge in [0.25, 0.3) is 11.1 Å². The number of nitrogens with two attached hydrogens (primary N) is 1. The van der Waals surface area contributed by atoms with Gasteiger partial charge in [0.15, 0.2) is 11.5 Å². The minimum absolute atomic E-state index is 0.0523. The van der Waals surface area contributed by atoms with Crippen molar-refractivity contribution in [2.75, 3.05) is 44.6 Å². The molecule has 8 rings (SSSR count). The number of imidazole rings is 1. The third kappa shape index (κ3) is 10.5. The first-order valence-corrected chi connectivity index (χ1v) is 22.9. The van der Waals surface area contributed by atoms with Gasteiger partial charge < -0.3 is 25.8 Å². The third-order valence-corrected chi connectivity index (χ3v) is 12.2. The van der Waals surface area contributed by atoms with Gasteiger partial charge in [0, 0.05) is 0 Å². The normalized spacial score (nSPS) is 12.5. The highest BCUT2D eigenvalue weighted by molar-refractivity contribution is 5.84. The topological polar surface area (TPSA) is 169 Å². The molecular weight excluding hydrogens is 813 g/mol. The first-order chi connectivity index (χ1) is 31.7. The van der Waals surface area contributed by atoms with E-state index in [2.05, 4.69) is 62.7 Å². The van der Waals surface area contributed by atoms with Crippen LogP contribution in [0.2, 0.25) is 0 Å². The highest BCUT2D eigenvalue weighted by Crippen LogP contribution is 2.28. The summed E-state index contributed by atoms with van der Waals surface area (Å²) in [6.45, 7) is 18.6. The summed E-state index contributed by atoms with van der Waals surface area (Å²) in [5, 5.41) is 4.88. The Bertz CT molecular complexity index is 2920. The largest absolute Gasteiger partial charge is 0.358 e. The number of anilines is 1. The van der Waals surface area contributed by atoms with Crippen LogP contribution in [-0.2, 0) is 0 Å². The highest BCUT2D eigenvalue weighted by Gasteiger charge is 2.24. The summed E-state index contributed by atoms with van der Waals surface area (Å²) < 4.78 is 3.44. The SMILES string of the molecule is CCN(CC)CCCC(N)c1nc2cccc(C)c2c(=O)n1-c1ccccc1.CCN(CC)CCCC(Nc1ncnc2nc[nH]c12)c1nc2cccc(C)c2c(=O)n1-c1ccccc1. The molecule has 0 fully saturated rings. The number of para-hydroxylation sites is 2. The van der Waals surface area contributed by atoms with Crippen molar-refractivity contribution in [3.05, 3.63) is 153 Å². The summed E-state index contributed by atoms with van der Waals surface area (Å²) in [6, 6.07) is 30.4. The van der Waals surface area contributed by atoms with Gasteiger partial charge in [-0.25, -0.2) is 24.9 Å². The maximum atomic E-state index is 14.0. The van der Waals surface area contributed by atoms with Crippen molar-refractivity contribution in [2.24, 2.45) is 5.73 Å². The van der Waals surface area contributed by atoms with Crippen molar-refractivity contribution < 1.29 is 0 Å². The van der Waals surface area contributed by atoms with Gasteiger partial charge >= 0.3 is 0 Å². The van der Waals surface area contributed by atoms with Crippen LogP contribution in [0.3, 0.4) is 0 Å². The van der Waals surface area contributed by atoms with E-state index in [-0.39, 0.29) is 23.2 Å². The van der Waals surface area contributed by atoms with Crippen LogP contribution in [-0.4, -0.2) is 88.1 Å². The third-order valence-electron chi connectivity index (χ3n) is 12.2. The average molecular weight is 875 g/mol. The van der Waals surface area contributed by atoms with E-state index in [1.165, 1.54) is 6.33 Å². The van der Waals surface area contributed by atoms with Crippen LogP contribution in [0, 0.1) is 13.8 Å². The number of hydrogen-bond donors (Lipinski definition) is 3. The zero-order valence-corrected chi connectivity index (χ0v) is 38.5. The van der Waals surface area contributed by atoms with Crippen molar-refractivity contribution in [2.45, 2.75) is 79.3 Å². The predicted molar refractivity (Wildman–Crippen MR) is 263 cm³/mol. The lowest BCUT2D eigenvalue weighted by Crippen LogP contribution is -2.30. The predicted octanol–water partition coefficient (Wildman–Crippen LogP) is 8.45. The molecule has 4 aromatic carbocycles. The van der Waals surface area contributed by atoms with E-state index in [4.69, 9.17) is 15.7 Å². The standard InChI is InChI=1S/C28H32N8O.C23H30N4O/c1-4-35(5-2)16-10-15-22(33-26-24-25(30-17-29-24)31-18-32-26)27-34-21-14-9-11-19(3)23(21)28(37)36(27)20-12-7-6-8-13-20;1-4-26(5-2)16-10-14-19(24)22-25-20-15-9-11-17(3)21(20)23(28)27(22)18-12-7-6-8-13-18/h6-9,11-14,17-18,22H,4-5,10,15-16H2,1-3H3,(H2,29,30,31,32,33);6-9,11-13,15,19H,4-5,10,14,16,24H2,1-3H3. The Kier molecular flexibility index (Phi) is 15.6. The molecular formula is C51H62N12O2. The first kappa shape index (κ1) is 46.4. The molecule has 2 unspecified atom stereocenters. The van der Waals surface area contributed by atoms with Gasteiger partial charge in [-0.1, -0.05) is 88.4 Å². The second-order valence-corrected chi connectivity index (χ2v) is 16.3. The van der Waals surface area contributed by atoms with Crippen LogP contribution >= 0.6 is 0 Å². The van der Waals surface area contributed by atoms with E-state index in [1.807, 2.05) is 111 Å². The summed E-state index contributed by atoms with van der Waals surface area (Å²) in [4.78, 5) is 58.3. The van der Waals surface area contributed by atoms with Crippen molar-refractivity contribution in [1.29, 1.82) is 0 Å². The first-order valence-electron chi connectivity index (χ1n) is 22.9. The molecule has 8 aromatic rings. The van der Waals surface area contributed by atoms with Crippen molar-refractivity contribution in [1.82, 2.24) is 48.8 Å². The molecule has 0 aliphatic rings. The van der Waals surface area contributed by atoms with Gasteiger partial charge in [0.2, 0.25) is 0 Å². The molecule has 4 aromatic heterocycles. The van der Waals surface area contributed by atoms with E-state index in [9.17, 15) is 9.59 Å². The lowest BCUT2D eigenvalue weighted by molar-refractivity contribution is 0.292. The molecule has 338 valence electrons. The fourth-order valence-electron chi connectivity index (χ4n) is 8.53. The van der Waals surface area contributed by atoms with E-state index in [0.717, 1.165) is 93.0 Å². The highest BCUT2D eigenvalue weighted by atomic mass is 16.1. The second kappa shape index (κ2) is 21.8. The minimum atomic E-state index is -0.298. The van der Waals surface area contributed by atoms with Gasteiger partial charge in [-0.05, 0) is 126 Å². The Morgan fingerprint density at radius 1 is 0.631 bits per heavy atom. The molecule has 65 heavy (non-hydrogen) atoms. The Balaban J connectivity index is 0.000000202. The lowest BCUT2D eigenvalue weighted by Gasteiger charge is -2.25. The number of rotatable bonds is 18. The number of benzene rings is 4. The van der Waals surface area contributed by atoms with Crippen LogP contribution in [0.25, 0.3) is 44.3 Å². The monoisotopic (exact) mass is 875 g/mol. The smallest absolute Gasteiger partial charge is 0.266 e. The van der Waals surface area contributed by atoms with Gasteiger partial charge in [-0.15, -0.1) is 0 Å². The van der Waals surface area contributed by atoms with Crippen molar-refractivity contribution in [3.8, 4) is 11.4 Å². The molecule has 0 aliphatic heterocycles. The van der Waals surface area contributed by atoms with Crippen molar-refractivity contribution in [3.63, 3.8) is 0 Å². The zero-order chi connectivity index (χ0) is 45.9.